The topological polar surface area (TPSA) is 33.3 Å². The van der Waals surface area contributed by atoms with Crippen LogP contribution in [-0.4, -0.2) is 26.7 Å². The highest BCUT2D eigenvalue weighted by Crippen LogP contribution is 2.40. The molecule has 4 rings (SSSR count). The molecule has 2 aromatic carbocycles. The average Bonchev–Trinajstić information content (AvgIpc) is 3.08. The Balaban J connectivity index is 1.70. The van der Waals surface area contributed by atoms with E-state index in [0.717, 1.165) is 25.4 Å². The van der Waals surface area contributed by atoms with Gasteiger partial charge in [0.2, 0.25) is 0 Å². The van der Waals surface area contributed by atoms with Gasteiger partial charge in [-0.3, -0.25) is 0 Å². The van der Waals surface area contributed by atoms with E-state index in [9.17, 15) is 0 Å². The second-order valence-corrected chi connectivity index (χ2v) is 7.94. The Morgan fingerprint density at radius 3 is 2.68 bits per heavy atom. The first-order valence-corrected chi connectivity index (χ1v) is 9.36. The molecular formula is C22H28N2O. The van der Waals surface area contributed by atoms with E-state index in [1.807, 2.05) is 0 Å². The summed E-state index contributed by atoms with van der Waals surface area (Å²) in [6.07, 6.45) is 2.44. The van der Waals surface area contributed by atoms with Crippen molar-refractivity contribution in [1.82, 2.24) is 5.32 Å². The minimum absolute atomic E-state index is 0.407. The number of methoxy groups -OCH3 is 1. The van der Waals surface area contributed by atoms with Crippen molar-refractivity contribution in [3.05, 3.63) is 47.5 Å². The Hall–Kier alpha value is -2.00. The number of hydrogen-bond acceptors (Lipinski definition) is 3. The van der Waals surface area contributed by atoms with Crippen molar-refractivity contribution >= 4 is 5.69 Å². The normalized spacial score (nSPS) is 22.1. The molecule has 0 aliphatic carbocycles. The van der Waals surface area contributed by atoms with E-state index in [4.69, 9.17) is 4.74 Å². The number of hydrogen-bond donors (Lipinski definition) is 2. The minimum atomic E-state index is 0.407. The second-order valence-electron chi connectivity index (χ2n) is 7.94. The lowest BCUT2D eigenvalue weighted by Gasteiger charge is -2.35. The molecular weight excluding hydrogens is 308 g/mol. The van der Waals surface area contributed by atoms with E-state index in [2.05, 4.69) is 60.9 Å². The zero-order chi connectivity index (χ0) is 17.4. The number of rotatable bonds is 3. The lowest BCUT2D eigenvalue weighted by Crippen LogP contribution is -2.37. The molecule has 1 fully saturated rings. The molecule has 132 valence electrons. The van der Waals surface area contributed by atoms with Crippen molar-refractivity contribution in [3.63, 3.8) is 0 Å². The van der Waals surface area contributed by atoms with Gasteiger partial charge in [-0.2, -0.15) is 0 Å². The number of benzene rings is 2. The summed E-state index contributed by atoms with van der Waals surface area (Å²) in [7, 11) is 1.75. The lowest BCUT2D eigenvalue weighted by molar-refractivity contribution is 0.335. The zero-order valence-electron chi connectivity index (χ0n) is 15.5. The van der Waals surface area contributed by atoms with Gasteiger partial charge in [-0.05, 0) is 60.2 Å². The molecule has 2 heterocycles. The van der Waals surface area contributed by atoms with Crippen LogP contribution in [0.1, 0.15) is 37.3 Å². The standard InChI is InChI=1S/C22H28N2O/c1-15(2)16-6-7-21(25-3)19(10-16)17-4-5-18-12-22(8-9-23-13-22)14-24-20(18)11-17/h4-7,10-11,15,23-24H,8-9,12-14H2,1-3H3. The van der Waals surface area contributed by atoms with Gasteiger partial charge in [0.15, 0.2) is 0 Å². The molecule has 1 atom stereocenters. The SMILES string of the molecule is COc1ccc(C(C)C)cc1-c1ccc2c(c1)NCC1(CCNC1)C2. The van der Waals surface area contributed by atoms with Crippen molar-refractivity contribution in [2.75, 3.05) is 32.1 Å². The molecule has 2 aromatic rings. The van der Waals surface area contributed by atoms with Gasteiger partial charge in [-0.1, -0.05) is 32.0 Å². The Bertz CT molecular complexity index is 776. The molecule has 1 unspecified atom stereocenters. The summed E-state index contributed by atoms with van der Waals surface area (Å²) in [5.41, 5.74) is 6.89. The van der Waals surface area contributed by atoms with Crippen LogP contribution < -0.4 is 15.4 Å². The van der Waals surface area contributed by atoms with Gasteiger partial charge in [0.05, 0.1) is 7.11 Å². The molecule has 0 amide bonds. The third-order valence-electron chi connectivity index (χ3n) is 5.86. The number of ether oxygens (including phenoxy) is 1. The average molecular weight is 336 g/mol. The van der Waals surface area contributed by atoms with Gasteiger partial charge in [0.25, 0.3) is 0 Å². The fraction of sp³-hybridized carbons (Fsp3) is 0.455. The Morgan fingerprint density at radius 1 is 1.08 bits per heavy atom. The summed E-state index contributed by atoms with van der Waals surface area (Å²) in [6, 6.07) is 13.4. The molecule has 25 heavy (non-hydrogen) atoms. The lowest BCUT2D eigenvalue weighted by atomic mass is 9.77. The van der Waals surface area contributed by atoms with Crippen molar-refractivity contribution in [3.8, 4) is 16.9 Å². The first-order valence-electron chi connectivity index (χ1n) is 9.36. The monoisotopic (exact) mass is 336 g/mol. The molecule has 1 spiro atoms. The van der Waals surface area contributed by atoms with E-state index in [-0.39, 0.29) is 0 Å². The highest BCUT2D eigenvalue weighted by Gasteiger charge is 2.37. The van der Waals surface area contributed by atoms with Crippen LogP contribution in [0.4, 0.5) is 5.69 Å². The van der Waals surface area contributed by atoms with Gasteiger partial charge in [-0.25, -0.2) is 0 Å². The highest BCUT2D eigenvalue weighted by atomic mass is 16.5. The Kier molecular flexibility index (Phi) is 4.20. The summed E-state index contributed by atoms with van der Waals surface area (Å²) in [5.74, 6) is 1.45. The number of nitrogens with one attached hydrogen (secondary N) is 2. The molecule has 3 heteroatoms. The Morgan fingerprint density at radius 2 is 1.96 bits per heavy atom. The summed E-state index contributed by atoms with van der Waals surface area (Å²) in [6.45, 7) is 7.81. The van der Waals surface area contributed by atoms with Crippen molar-refractivity contribution in [2.45, 2.75) is 32.6 Å². The smallest absolute Gasteiger partial charge is 0.126 e. The maximum absolute atomic E-state index is 5.63. The summed E-state index contributed by atoms with van der Waals surface area (Å²) in [5, 5.41) is 7.23. The van der Waals surface area contributed by atoms with Crippen LogP contribution in [0.2, 0.25) is 0 Å². The molecule has 0 bridgehead atoms. The fourth-order valence-electron chi connectivity index (χ4n) is 4.22. The molecule has 2 aliphatic rings. The molecule has 0 aromatic heterocycles. The summed E-state index contributed by atoms with van der Waals surface area (Å²) >= 11 is 0. The third-order valence-corrected chi connectivity index (χ3v) is 5.86. The molecule has 2 aliphatic heterocycles. The van der Waals surface area contributed by atoms with Gasteiger partial charge in [0.1, 0.15) is 5.75 Å². The van der Waals surface area contributed by atoms with Gasteiger partial charge < -0.3 is 15.4 Å². The minimum Gasteiger partial charge on any atom is -0.496 e. The predicted octanol–water partition coefficient (Wildman–Crippen LogP) is 4.43. The third kappa shape index (κ3) is 3.02. The van der Waals surface area contributed by atoms with Crippen LogP contribution in [-0.2, 0) is 6.42 Å². The van der Waals surface area contributed by atoms with E-state index in [1.54, 1.807) is 7.11 Å². The van der Waals surface area contributed by atoms with Crippen LogP contribution in [0, 0.1) is 5.41 Å². The maximum Gasteiger partial charge on any atom is 0.126 e. The van der Waals surface area contributed by atoms with E-state index in [1.165, 1.54) is 40.8 Å². The van der Waals surface area contributed by atoms with Crippen LogP contribution in [0.15, 0.2) is 36.4 Å². The quantitative estimate of drug-likeness (QED) is 0.870. The van der Waals surface area contributed by atoms with E-state index < -0.39 is 0 Å². The van der Waals surface area contributed by atoms with Gasteiger partial charge in [0, 0.05) is 29.8 Å². The number of fused-ring (bicyclic) bond motifs is 1. The molecule has 0 saturated carbocycles. The van der Waals surface area contributed by atoms with Crippen LogP contribution in [0.3, 0.4) is 0 Å². The van der Waals surface area contributed by atoms with Crippen LogP contribution in [0.5, 0.6) is 5.75 Å². The Labute approximate surface area is 150 Å². The zero-order valence-corrected chi connectivity index (χ0v) is 15.5. The van der Waals surface area contributed by atoms with E-state index >= 15 is 0 Å². The molecule has 3 nitrogen and oxygen atoms in total. The van der Waals surface area contributed by atoms with Crippen LogP contribution in [0.25, 0.3) is 11.1 Å². The first-order chi connectivity index (χ1) is 12.1. The highest BCUT2D eigenvalue weighted by molar-refractivity contribution is 5.76. The van der Waals surface area contributed by atoms with Crippen molar-refractivity contribution in [2.24, 2.45) is 5.41 Å². The summed E-state index contributed by atoms with van der Waals surface area (Å²) in [4.78, 5) is 0. The molecule has 2 N–H and O–H groups in total. The second kappa shape index (κ2) is 6.38. The predicted molar refractivity (Wildman–Crippen MR) is 105 cm³/mol. The van der Waals surface area contributed by atoms with Crippen molar-refractivity contribution < 1.29 is 4.74 Å². The van der Waals surface area contributed by atoms with Gasteiger partial charge in [-0.15, -0.1) is 0 Å². The fourth-order valence-corrected chi connectivity index (χ4v) is 4.22. The van der Waals surface area contributed by atoms with Crippen molar-refractivity contribution in [1.29, 1.82) is 0 Å². The molecule has 0 radical (unpaired) electrons. The molecule has 1 saturated heterocycles. The van der Waals surface area contributed by atoms with Gasteiger partial charge >= 0.3 is 0 Å². The maximum atomic E-state index is 5.63. The summed E-state index contributed by atoms with van der Waals surface area (Å²) < 4.78 is 5.63. The number of anilines is 1. The van der Waals surface area contributed by atoms with Crippen LogP contribution >= 0.6 is 0 Å². The first kappa shape index (κ1) is 16.5. The largest absolute Gasteiger partial charge is 0.496 e. The van der Waals surface area contributed by atoms with E-state index in [0.29, 0.717) is 11.3 Å².